The van der Waals surface area contributed by atoms with Crippen LogP contribution in [0.5, 0.6) is 0 Å². The van der Waals surface area contributed by atoms with E-state index in [9.17, 15) is 14.0 Å². The Hall–Kier alpha value is -1.08. The molecule has 1 unspecified atom stereocenters. The van der Waals surface area contributed by atoms with Crippen molar-refractivity contribution in [1.82, 2.24) is 0 Å². The molecule has 1 atom stereocenters. The highest BCUT2D eigenvalue weighted by molar-refractivity contribution is 9.10. The molecule has 0 spiro atoms. The van der Waals surface area contributed by atoms with Gasteiger partial charge in [0.05, 0.1) is 15.7 Å². The van der Waals surface area contributed by atoms with Crippen molar-refractivity contribution in [2.75, 3.05) is 17.2 Å². The summed E-state index contributed by atoms with van der Waals surface area (Å²) < 4.78 is 13.6. The summed E-state index contributed by atoms with van der Waals surface area (Å²) in [7, 11) is 0. The van der Waals surface area contributed by atoms with Crippen LogP contribution in [0.25, 0.3) is 0 Å². The molecule has 102 valence electrons. The number of thiol groups is 1. The van der Waals surface area contributed by atoms with Gasteiger partial charge in [-0.3, -0.25) is 4.79 Å². The molecule has 0 saturated carbocycles. The van der Waals surface area contributed by atoms with E-state index in [4.69, 9.17) is 5.11 Å². The van der Waals surface area contributed by atoms with E-state index in [-0.39, 0.29) is 27.5 Å². The number of carbonyl (C=O) groups excluding carboxylic acids is 1. The van der Waals surface area contributed by atoms with Gasteiger partial charge in [-0.25, -0.2) is 9.18 Å². The molecule has 1 saturated heterocycles. The van der Waals surface area contributed by atoms with Crippen molar-refractivity contribution in [1.29, 1.82) is 0 Å². The van der Waals surface area contributed by atoms with Crippen LogP contribution in [-0.2, 0) is 4.79 Å². The van der Waals surface area contributed by atoms with Crippen molar-refractivity contribution in [2.24, 2.45) is 5.92 Å². The first-order chi connectivity index (χ1) is 8.93. The molecule has 1 aliphatic heterocycles. The summed E-state index contributed by atoms with van der Waals surface area (Å²) in [6.45, 7) is 0.403. The molecular formula is C12H11BrFNO3S. The molecule has 1 aromatic carbocycles. The van der Waals surface area contributed by atoms with Gasteiger partial charge in [0, 0.05) is 13.0 Å². The van der Waals surface area contributed by atoms with Gasteiger partial charge in [-0.15, -0.1) is 0 Å². The highest BCUT2D eigenvalue weighted by Gasteiger charge is 2.32. The van der Waals surface area contributed by atoms with Crippen molar-refractivity contribution in [2.45, 2.75) is 6.42 Å². The zero-order valence-electron chi connectivity index (χ0n) is 9.77. The van der Waals surface area contributed by atoms with Crippen molar-refractivity contribution < 1.29 is 19.1 Å². The third kappa shape index (κ3) is 2.76. The Morgan fingerprint density at radius 3 is 2.79 bits per heavy atom. The Bertz CT molecular complexity index is 552. The number of carboxylic acids is 1. The maximum Gasteiger partial charge on any atom is 0.337 e. The molecule has 0 bridgehead atoms. The molecule has 2 rings (SSSR count). The zero-order valence-corrected chi connectivity index (χ0v) is 12.2. The van der Waals surface area contributed by atoms with Crippen LogP contribution in [0.2, 0.25) is 0 Å². The highest BCUT2D eigenvalue weighted by Crippen LogP contribution is 2.32. The molecule has 1 aromatic rings. The number of anilines is 1. The molecule has 4 nitrogen and oxygen atoms in total. The molecule has 0 aliphatic carbocycles. The van der Waals surface area contributed by atoms with Crippen LogP contribution in [0, 0.1) is 11.7 Å². The molecule has 0 aromatic heterocycles. The van der Waals surface area contributed by atoms with Crippen LogP contribution < -0.4 is 4.90 Å². The first kappa shape index (κ1) is 14.3. The molecule has 7 heteroatoms. The largest absolute Gasteiger partial charge is 0.478 e. The van der Waals surface area contributed by atoms with Crippen LogP contribution in [-0.4, -0.2) is 29.3 Å². The smallest absolute Gasteiger partial charge is 0.337 e. The summed E-state index contributed by atoms with van der Waals surface area (Å²) >= 11 is 7.16. The average molecular weight is 348 g/mol. The van der Waals surface area contributed by atoms with Crippen LogP contribution in [0.3, 0.4) is 0 Å². The first-order valence-corrected chi connectivity index (χ1v) is 7.00. The molecule has 1 amide bonds. The van der Waals surface area contributed by atoms with E-state index in [0.29, 0.717) is 18.7 Å². The van der Waals surface area contributed by atoms with Crippen LogP contribution in [0.15, 0.2) is 16.6 Å². The summed E-state index contributed by atoms with van der Waals surface area (Å²) in [6.07, 6.45) is 0.331. The van der Waals surface area contributed by atoms with E-state index in [0.717, 1.165) is 6.07 Å². The van der Waals surface area contributed by atoms with Gasteiger partial charge in [-0.2, -0.15) is 12.6 Å². The maximum atomic E-state index is 13.4. The van der Waals surface area contributed by atoms with Gasteiger partial charge >= 0.3 is 5.97 Å². The number of aromatic carboxylic acids is 1. The van der Waals surface area contributed by atoms with E-state index in [1.807, 2.05) is 0 Å². The summed E-state index contributed by atoms with van der Waals surface area (Å²) in [6, 6.07) is 2.25. The van der Waals surface area contributed by atoms with Crippen molar-refractivity contribution >= 4 is 46.1 Å². The number of hydrogen-bond donors (Lipinski definition) is 2. The number of benzene rings is 1. The number of nitrogens with zero attached hydrogens (tertiary/aromatic N) is 1. The fraction of sp³-hybridized carbons (Fsp3) is 0.333. The average Bonchev–Trinajstić information content (AvgIpc) is 2.73. The number of carboxylic acid groups (broad SMARTS) is 1. The Kier molecular flexibility index (Phi) is 4.15. The van der Waals surface area contributed by atoms with Crippen LogP contribution in [0.1, 0.15) is 16.8 Å². The summed E-state index contributed by atoms with van der Waals surface area (Å²) in [4.78, 5) is 24.5. The number of halogens is 2. The molecule has 0 radical (unpaired) electrons. The van der Waals surface area contributed by atoms with Crippen LogP contribution >= 0.6 is 28.6 Å². The third-order valence-corrected chi connectivity index (χ3v) is 4.15. The summed E-state index contributed by atoms with van der Waals surface area (Å²) in [5.41, 5.74) is 0.00363. The molecule has 1 heterocycles. The quantitative estimate of drug-likeness (QED) is 0.826. The lowest BCUT2D eigenvalue weighted by Crippen LogP contribution is -2.27. The highest BCUT2D eigenvalue weighted by atomic mass is 79.9. The lowest BCUT2D eigenvalue weighted by molar-refractivity contribution is -0.117. The van der Waals surface area contributed by atoms with E-state index in [2.05, 4.69) is 28.6 Å². The fourth-order valence-electron chi connectivity index (χ4n) is 2.07. The lowest BCUT2D eigenvalue weighted by atomic mass is 10.1. The second kappa shape index (κ2) is 5.50. The molecule has 1 aliphatic rings. The van der Waals surface area contributed by atoms with Crippen molar-refractivity contribution in [3.05, 3.63) is 28.0 Å². The monoisotopic (exact) mass is 347 g/mol. The van der Waals surface area contributed by atoms with E-state index in [1.54, 1.807) is 0 Å². The van der Waals surface area contributed by atoms with Crippen LogP contribution in [0.4, 0.5) is 10.1 Å². The summed E-state index contributed by atoms with van der Waals surface area (Å²) in [5, 5.41) is 9.12. The predicted octanol–water partition coefficient (Wildman–Crippen LogP) is 2.57. The Labute approximate surface area is 123 Å². The number of rotatable bonds is 3. The van der Waals surface area contributed by atoms with Gasteiger partial charge in [0.1, 0.15) is 5.82 Å². The second-order valence-corrected chi connectivity index (χ2v) is 5.57. The number of amides is 1. The molecule has 1 N–H and O–H groups in total. The van der Waals surface area contributed by atoms with E-state index >= 15 is 0 Å². The number of carbonyl (C=O) groups is 2. The third-order valence-electron chi connectivity index (χ3n) is 3.02. The van der Waals surface area contributed by atoms with Crippen molar-refractivity contribution in [3.8, 4) is 0 Å². The first-order valence-electron chi connectivity index (χ1n) is 5.57. The Morgan fingerprint density at radius 2 is 2.26 bits per heavy atom. The van der Waals surface area contributed by atoms with Crippen molar-refractivity contribution in [3.63, 3.8) is 0 Å². The fourth-order valence-corrected chi connectivity index (χ4v) is 2.64. The second-order valence-electron chi connectivity index (χ2n) is 4.35. The minimum Gasteiger partial charge on any atom is -0.478 e. The predicted molar refractivity (Wildman–Crippen MR) is 75.4 cm³/mol. The van der Waals surface area contributed by atoms with Gasteiger partial charge in [-0.1, -0.05) is 0 Å². The minimum atomic E-state index is -1.26. The number of hydrogen-bond acceptors (Lipinski definition) is 3. The maximum absolute atomic E-state index is 13.4. The Morgan fingerprint density at radius 1 is 1.58 bits per heavy atom. The van der Waals surface area contributed by atoms with Gasteiger partial charge in [0.15, 0.2) is 0 Å². The SMILES string of the molecule is O=C(O)c1cc(F)c(Br)cc1N1CC(CS)CC1=O. The molecule has 19 heavy (non-hydrogen) atoms. The van der Waals surface area contributed by atoms with Gasteiger partial charge in [0.2, 0.25) is 5.91 Å². The lowest BCUT2D eigenvalue weighted by Gasteiger charge is -2.19. The minimum absolute atomic E-state index is 0.0845. The normalized spacial score (nSPS) is 19.0. The summed E-state index contributed by atoms with van der Waals surface area (Å²) in [5.74, 6) is -1.46. The molecule has 1 fully saturated rings. The zero-order chi connectivity index (χ0) is 14.2. The molecular weight excluding hydrogens is 337 g/mol. The van der Waals surface area contributed by atoms with Gasteiger partial charge in [-0.05, 0) is 39.7 Å². The Balaban J connectivity index is 2.47. The van der Waals surface area contributed by atoms with E-state index in [1.165, 1.54) is 11.0 Å². The standard InChI is InChI=1S/C12H11BrFNO3S/c13-8-3-10(7(12(17)18)2-9(8)14)15-4-6(5-19)1-11(15)16/h2-3,6,19H,1,4-5H2,(H,17,18). The topological polar surface area (TPSA) is 57.6 Å². The van der Waals surface area contributed by atoms with Gasteiger partial charge < -0.3 is 10.0 Å². The van der Waals surface area contributed by atoms with Gasteiger partial charge in [0.25, 0.3) is 0 Å². The van der Waals surface area contributed by atoms with E-state index < -0.39 is 11.8 Å².